The van der Waals surface area contributed by atoms with Gasteiger partial charge in [0, 0.05) is 24.3 Å². The van der Waals surface area contributed by atoms with Crippen LogP contribution in [0.3, 0.4) is 0 Å². The number of nitrogens with two attached hydrogens (primary N) is 1. The summed E-state index contributed by atoms with van der Waals surface area (Å²) in [5, 5.41) is 0. The van der Waals surface area contributed by atoms with Crippen LogP contribution >= 0.6 is 0 Å². The fourth-order valence-electron chi connectivity index (χ4n) is 2.54. The molecule has 0 amide bonds. The van der Waals surface area contributed by atoms with Crippen molar-refractivity contribution in [1.82, 2.24) is 9.97 Å². The highest BCUT2D eigenvalue weighted by Crippen LogP contribution is 2.27. The molecule has 1 heterocycles. The molecular weight excluding hydrogens is 200 g/mol. The first-order valence-electron chi connectivity index (χ1n) is 6.08. The van der Waals surface area contributed by atoms with E-state index in [-0.39, 0.29) is 0 Å². The molecule has 0 radical (unpaired) electrons. The highest BCUT2D eigenvalue weighted by atomic mass is 15.2. The van der Waals surface area contributed by atoms with Crippen molar-refractivity contribution >= 4 is 11.8 Å². The molecule has 0 bridgehead atoms. The van der Waals surface area contributed by atoms with Crippen LogP contribution in [0.25, 0.3) is 0 Å². The Morgan fingerprint density at radius 1 is 1.38 bits per heavy atom. The van der Waals surface area contributed by atoms with Crippen molar-refractivity contribution in [3.63, 3.8) is 0 Å². The van der Waals surface area contributed by atoms with E-state index in [9.17, 15) is 0 Å². The van der Waals surface area contributed by atoms with Gasteiger partial charge in [-0.1, -0.05) is 12.8 Å². The number of hydrogen-bond acceptors (Lipinski definition) is 4. The van der Waals surface area contributed by atoms with E-state index in [4.69, 9.17) is 5.73 Å². The smallest absolute Gasteiger partial charge is 0.222 e. The molecule has 0 atom stereocenters. The van der Waals surface area contributed by atoms with Gasteiger partial charge in [-0.15, -0.1) is 0 Å². The molecule has 0 saturated heterocycles. The second-order valence-electron chi connectivity index (χ2n) is 4.45. The largest absolute Gasteiger partial charge is 0.368 e. The molecule has 2 rings (SSSR count). The maximum absolute atomic E-state index is 5.70. The molecule has 4 heteroatoms. The number of anilines is 2. The molecule has 0 aliphatic heterocycles. The van der Waals surface area contributed by atoms with Gasteiger partial charge >= 0.3 is 0 Å². The molecule has 1 aromatic rings. The average molecular weight is 220 g/mol. The predicted octanol–water partition coefficient (Wildman–Crippen LogP) is 2.14. The number of nitrogen functional groups attached to an aromatic ring is 1. The number of hydrogen-bond donors (Lipinski definition) is 1. The van der Waals surface area contributed by atoms with Gasteiger partial charge in [0.1, 0.15) is 5.82 Å². The van der Waals surface area contributed by atoms with Gasteiger partial charge in [0.25, 0.3) is 0 Å². The molecule has 2 N–H and O–H groups in total. The first-order chi connectivity index (χ1) is 7.70. The second-order valence-corrected chi connectivity index (χ2v) is 4.45. The van der Waals surface area contributed by atoms with Gasteiger partial charge in [0.15, 0.2) is 0 Å². The summed E-state index contributed by atoms with van der Waals surface area (Å²) in [4.78, 5) is 10.8. The second kappa shape index (κ2) is 4.68. The predicted molar refractivity (Wildman–Crippen MR) is 66.5 cm³/mol. The minimum atomic E-state index is 0.381. The highest BCUT2D eigenvalue weighted by Gasteiger charge is 2.22. The molecule has 1 aliphatic carbocycles. The maximum atomic E-state index is 5.70. The van der Waals surface area contributed by atoms with Crippen LogP contribution in [0.4, 0.5) is 11.8 Å². The third-order valence-electron chi connectivity index (χ3n) is 3.26. The fraction of sp³-hybridized carbons (Fsp3) is 0.667. The summed E-state index contributed by atoms with van der Waals surface area (Å²) < 4.78 is 0. The highest BCUT2D eigenvalue weighted by molar-refractivity contribution is 5.44. The molecule has 1 fully saturated rings. The van der Waals surface area contributed by atoms with Gasteiger partial charge < -0.3 is 10.6 Å². The molecule has 1 aliphatic rings. The summed E-state index contributed by atoms with van der Waals surface area (Å²) in [5.74, 6) is 1.37. The van der Waals surface area contributed by atoms with E-state index < -0.39 is 0 Å². The number of rotatable bonds is 3. The average Bonchev–Trinajstić information content (AvgIpc) is 2.70. The van der Waals surface area contributed by atoms with Crippen LogP contribution in [0.2, 0.25) is 0 Å². The summed E-state index contributed by atoms with van der Waals surface area (Å²) in [5.41, 5.74) is 6.65. The van der Waals surface area contributed by atoms with Crippen molar-refractivity contribution in [3.8, 4) is 0 Å². The van der Waals surface area contributed by atoms with E-state index in [1.807, 2.05) is 13.0 Å². The summed E-state index contributed by atoms with van der Waals surface area (Å²) in [6.45, 7) is 5.12. The molecule has 1 saturated carbocycles. The SMILES string of the molecule is CCN(c1cc(C)nc(N)n1)C1CCCC1. The lowest BCUT2D eigenvalue weighted by Gasteiger charge is -2.28. The fourth-order valence-corrected chi connectivity index (χ4v) is 2.54. The lowest BCUT2D eigenvalue weighted by atomic mass is 10.2. The lowest BCUT2D eigenvalue weighted by Crippen LogP contribution is -2.34. The Hall–Kier alpha value is -1.32. The number of aromatic nitrogens is 2. The third kappa shape index (κ3) is 2.26. The monoisotopic (exact) mass is 220 g/mol. The first-order valence-corrected chi connectivity index (χ1v) is 6.08. The van der Waals surface area contributed by atoms with Crippen LogP contribution in [0.15, 0.2) is 6.07 Å². The van der Waals surface area contributed by atoms with Gasteiger partial charge in [0.05, 0.1) is 0 Å². The van der Waals surface area contributed by atoms with Gasteiger partial charge in [-0.3, -0.25) is 0 Å². The minimum Gasteiger partial charge on any atom is -0.368 e. The third-order valence-corrected chi connectivity index (χ3v) is 3.26. The van der Waals surface area contributed by atoms with Gasteiger partial charge in [-0.2, -0.15) is 4.98 Å². The summed E-state index contributed by atoms with van der Waals surface area (Å²) in [6, 6.07) is 2.66. The van der Waals surface area contributed by atoms with Crippen molar-refractivity contribution in [1.29, 1.82) is 0 Å². The number of nitrogens with zero attached hydrogens (tertiary/aromatic N) is 3. The van der Waals surface area contributed by atoms with Gasteiger partial charge in [0.2, 0.25) is 5.95 Å². The molecule has 0 spiro atoms. The minimum absolute atomic E-state index is 0.381. The Kier molecular flexibility index (Phi) is 3.27. The van der Waals surface area contributed by atoms with E-state index >= 15 is 0 Å². The Balaban J connectivity index is 2.24. The molecule has 88 valence electrons. The van der Waals surface area contributed by atoms with Crippen molar-refractivity contribution < 1.29 is 0 Å². The molecule has 4 nitrogen and oxygen atoms in total. The zero-order valence-corrected chi connectivity index (χ0v) is 10.1. The van der Waals surface area contributed by atoms with Crippen LogP contribution < -0.4 is 10.6 Å². The van der Waals surface area contributed by atoms with E-state index in [1.54, 1.807) is 0 Å². The summed E-state index contributed by atoms with van der Waals surface area (Å²) in [6.07, 6.45) is 5.22. The number of aryl methyl sites for hydroxylation is 1. The van der Waals surface area contributed by atoms with Crippen LogP contribution in [0.5, 0.6) is 0 Å². The van der Waals surface area contributed by atoms with Crippen molar-refractivity contribution in [2.24, 2.45) is 0 Å². The van der Waals surface area contributed by atoms with E-state index in [1.165, 1.54) is 25.7 Å². The van der Waals surface area contributed by atoms with Crippen molar-refractivity contribution in [3.05, 3.63) is 11.8 Å². The van der Waals surface area contributed by atoms with Gasteiger partial charge in [-0.05, 0) is 26.7 Å². The molecule has 0 unspecified atom stereocenters. The Labute approximate surface area is 96.9 Å². The Morgan fingerprint density at radius 3 is 2.62 bits per heavy atom. The zero-order valence-electron chi connectivity index (χ0n) is 10.1. The first kappa shape index (κ1) is 11.2. The van der Waals surface area contributed by atoms with Crippen LogP contribution in [-0.2, 0) is 0 Å². The van der Waals surface area contributed by atoms with E-state index in [2.05, 4.69) is 21.8 Å². The quantitative estimate of drug-likeness (QED) is 0.848. The molecule has 0 aromatic carbocycles. The molecule has 1 aromatic heterocycles. The van der Waals surface area contributed by atoms with Crippen LogP contribution in [0, 0.1) is 6.92 Å². The summed E-state index contributed by atoms with van der Waals surface area (Å²) >= 11 is 0. The van der Waals surface area contributed by atoms with E-state index in [0.717, 1.165) is 18.1 Å². The Morgan fingerprint density at radius 2 is 2.06 bits per heavy atom. The van der Waals surface area contributed by atoms with Crippen LogP contribution in [-0.4, -0.2) is 22.6 Å². The lowest BCUT2D eigenvalue weighted by molar-refractivity contribution is 0.612. The molecular formula is C12H20N4. The maximum Gasteiger partial charge on any atom is 0.222 e. The van der Waals surface area contributed by atoms with E-state index in [0.29, 0.717) is 12.0 Å². The zero-order chi connectivity index (χ0) is 11.5. The van der Waals surface area contributed by atoms with Crippen molar-refractivity contribution in [2.45, 2.75) is 45.6 Å². The Bertz CT molecular complexity index is 338. The van der Waals surface area contributed by atoms with Crippen molar-refractivity contribution in [2.75, 3.05) is 17.2 Å². The summed E-state index contributed by atoms with van der Waals surface area (Å²) in [7, 11) is 0. The molecule has 16 heavy (non-hydrogen) atoms. The standard InChI is InChI=1S/C12H20N4/c1-3-16(10-6-4-5-7-10)11-8-9(2)14-12(13)15-11/h8,10H,3-7H2,1-2H3,(H2,13,14,15). The van der Waals surface area contributed by atoms with Crippen LogP contribution in [0.1, 0.15) is 38.3 Å². The van der Waals surface area contributed by atoms with Gasteiger partial charge in [-0.25, -0.2) is 4.98 Å². The normalized spacial score (nSPS) is 16.6. The topological polar surface area (TPSA) is 55.0 Å².